The SMILES string of the molecule is O=C(c1ccc(F)cc1)N1CCN(Cc2cc(-c3ccccc3)no2)CC1. The van der Waals surface area contributed by atoms with E-state index in [1.165, 1.54) is 24.3 Å². The Morgan fingerprint density at radius 1 is 1.00 bits per heavy atom. The summed E-state index contributed by atoms with van der Waals surface area (Å²) in [5.74, 6) is 0.422. The van der Waals surface area contributed by atoms with E-state index in [4.69, 9.17) is 4.52 Å². The molecule has 6 heteroatoms. The van der Waals surface area contributed by atoms with E-state index in [0.29, 0.717) is 25.2 Å². The van der Waals surface area contributed by atoms with Crippen LogP contribution in [0.1, 0.15) is 16.1 Å². The molecule has 1 amide bonds. The highest BCUT2D eigenvalue weighted by molar-refractivity contribution is 5.94. The molecule has 1 aliphatic rings. The molecule has 1 fully saturated rings. The molecule has 2 aromatic carbocycles. The number of benzene rings is 2. The van der Waals surface area contributed by atoms with Crippen LogP contribution in [0.25, 0.3) is 11.3 Å². The van der Waals surface area contributed by atoms with Crippen LogP contribution < -0.4 is 0 Å². The number of nitrogens with zero attached hydrogens (tertiary/aromatic N) is 3. The van der Waals surface area contributed by atoms with Crippen molar-refractivity contribution in [3.8, 4) is 11.3 Å². The molecular weight excluding hydrogens is 345 g/mol. The Morgan fingerprint density at radius 3 is 2.41 bits per heavy atom. The van der Waals surface area contributed by atoms with Crippen LogP contribution in [0.3, 0.4) is 0 Å². The third-order valence-electron chi connectivity index (χ3n) is 4.76. The molecular formula is C21H20FN3O2. The highest BCUT2D eigenvalue weighted by Crippen LogP contribution is 2.20. The fourth-order valence-electron chi connectivity index (χ4n) is 3.24. The van der Waals surface area contributed by atoms with E-state index in [-0.39, 0.29) is 11.7 Å². The molecule has 1 saturated heterocycles. The minimum atomic E-state index is -0.335. The average Bonchev–Trinajstić information content (AvgIpc) is 3.18. The Labute approximate surface area is 157 Å². The number of hydrogen-bond donors (Lipinski definition) is 0. The van der Waals surface area contributed by atoms with Crippen LogP contribution in [0.15, 0.2) is 65.2 Å². The van der Waals surface area contributed by atoms with E-state index in [1.54, 1.807) is 4.90 Å². The molecule has 0 spiro atoms. The molecule has 0 aliphatic carbocycles. The van der Waals surface area contributed by atoms with Gasteiger partial charge in [0.05, 0.1) is 6.54 Å². The number of carbonyl (C=O) groups excluding carboxylic acids is 1. The van der Waals surface area contributed by atoms with Gasteiger partial charge in [0.25, 0.3) is 5.91 Å². The molecule has 1 aromatic heterocycles. The molecule has 0 N–H and O–H groups in total. The van der Waals surface area contributed by atoms with Gasteiger partial charge in [0.2, 0.25) is 0 Å². The largest absolute Gasteiger partial charge is 0.359 e. The molecule has 0 radical (unpaired) electrons. The summed E-state index contributed by atoms with van der Waals surface area (Å²) in [4.78, 5) is 16.5. The molecule has 138 valence electrons. The first kappa shape index (κ1) is 17.4. The molecule has 0 bridgehead atoms. The Hall–Kier alpha value is -2.99. The minimum absolute atomic E-state index is 0.0549. The van der Waals surface area contributed by atoms with Crippen LogP contribution >= 0.6 is 0 Å². The summed E-state index contributed by atoms with van der Waals surface area (Å²) in [6.07, 6.45) is 0. The van der Waals surface area contributed by atoms with Gasteiger partial charge in [-0.15, -0.1) is 0 Å². The van der Waals surface area contributed by atoms with Crippen molar-refractivity contribution in [1.82, 2.24) is 15.0 Å². The van der Waals surface area contributed by atoms with Crippen LogP contribution in [0, 0.1) is 5.82 Å². The highest BCUT2D eigenvalue weighted by Gasteiger charge is 2.23. The van der Waals surface area contributed by atoms with Gasteiger partial charge in [-0.05, 0) is 24.3 Å². The van der Waals surface area contributed by atoms with Crippen LogP contribution in [0.2, 0.25) is 0 Å². The van der Waals surface area contributed by atoms with Crippen molar-refractivity contribution >= 4 is 5.91 Å². The predicted octanol–water partition coefficient (Wildman–Crippen LogP) is 3.44. The van der Waals surface area contributed by atoms with E-state index >= 15 is 0 Å². The van der Waals surface area contributed by atoms with Crippen molar-refractivity contribution in [2.75, 3.05) is 26.2 Å². The molecule has 1 aliphatic heterocycles. The van der Waals surface area contributed by atoms with Crippen LogP contribution in [0.5, 0.6) is 0 Å². The van der Waals surface area contributed by atoms with E-state index in [2.05, 4.69) is 10.1 Å². The van der Waals surface area contributed by atoms with E-state index in [1.807, 2.05) is 36.4 Å². The standard InChI is InChI=1S/C21H20FN3O2/c22-18-8-6-17(7-9-18)21(26)25-12-10-24(11-13-25)15-19-14-20(23-27-19)16-4-2-1-3-5-16/h1-9,14H,10-13,15H2. The number of amides is 1. The first-order chi connectivity index (χ1) is 13.2. The average molecular weight is 365 g/mol. The van der Waals surface area contributed by atoms with Gasteiger partial charge in [-0.3, -0.25) is 9.69 Å². The van der Waals surface area contributed by atoms with E-state index in [9.17, 15) is 9.18 Å². The number of carbonyl (C=O) groups is 1. The topological polar surface area (TPSA) is 49.6 Å². The maximum Gasteiger partial charge on any atom is 0.253 e. The van der Waals surface area contributed by atoms with Crippen molar-refractivity contribution in [2.24, 2.45) is 0 Å². The number of halogens is 1. The van der Waals surface area contributed by atoms with Crippen LogP contribution in [-0.2, 0) is 6.54 Å². The van der Waals surface area contributed by atoms with Crippen molar-refractivity contribution in [3.63, 3.8) is 0 Å². The zero-order chi connectivity index (χ0) is 18.6. The zero-order valence-electron chi connectivity index (χ0n) is 14.8. The van der Waals surface area contributed by atoms with Gasteiger partial charge in [-0.1, -0.05) is 35.5 Å². The Balaban J connectivity index is 1.33. The Kier molecular flexibility index (Phi) is 4.98. The number of rotatable bonds is 4. The van der Waals surface area contributed by atoms with Crippen molar-refractivity contribution in [1.29, 1.82) is 0 Å². The summed E-state index contributed by atoms with van der Waals surface area (Å²) < 4.78 is 18.5. The lowest BCUT2D eigenvalue weighted by atomic mass is 10.1. The van der Waals surface area contributed by atoms with Gasteiger partial charge in [-0.2, -0.15) is 0 Å². The fraction of sp³-hybridized carbons (Fsp3) is 0.238. The van der Waals surface area contributed by atoms with Gasteiger partial charge in [0, 0.05) is 43.4 Å². The monoisotopic (exact) mass is 365 g/mol. The minimum Gasteiger partial charge on any atom is -0.359 e. The summed E-state index contributed by atoms with van der Waals surface area (Å²) in [7, 11) is 0. The lowest BCUT2D eigenvalue weighted by molar-refractivity contribution is 0.0617. The van der Waals surface area contributed by atoms with Gasteiger partial charge in [0.15, 0.2) is 5.76 Å². The second-order valence-corrected chi connectivity index (χ2v) is 6.62. The second-order valence-electron chi connectivity index (χ2n) is 6.62. The first-order valence-corrected chi connectivity index (χ1v) is 8.97. The maximum atomic E-state index is 13.0. The van der Waals surface area contributed by atoms with Gasteiger partial charge in [0.1, 0.15) is 11.5 Å². The fourth-order valence-corrected chi connectivity index (χ4v) is 3.24. The van der Waals surface area contributed by atoms with E-state index < -0.39 is 0 Å². The molecule has 0 atom stereocenters. The van der Waals surface area contributed by atoms with Gasteiger partial charge >= 0.3 is 0 Å². The lowest BCUT2D eigenvalue weighted by Gasteiger charge is -2.34. The summed E-state index contributed by atoms with van der Waals surface area (Å²) in [5, 5.41) is 4.15. The van der Waals surface area contributed by atoms with Crippen LogP contribution in [-0.4, -0.2) is 47.0 Å². The third-order valence-corrected chi connectivity index (χ3v) is 4.76. The van der Waals surface area contributed by atoms with Crippen molar-refractivity contribution in [3.05, 3.63) is 77.8 Å². The van der Waals surface area contributed by atoms with Gasteiger partial charge in [-0.25, -0.2) is 4.39 Å². The second kappa shape index (κ2) is 7.72. The summed E-state index contributed by atoms with van der Waals surface area (Å²) in [6.45, 7) is 3.45. The molecule has 0 saturated carbocycles. The Bertz CT molecular complexity index is 901. The van der Waals surface area contributed by atoms with Crippen molar-refractivity contribution in [2.45, 2.75) is 6.54 Å². The third kappa shape index (κ3) is 4.06. The zero-order valence-corrected chi connectivity index (χ0v) is 14.8. The smallest absolute Gasteiger partial charge is 0.253 e. The first-order valence-electron chi connectivity index (χ1n) is 8.97. The summed E-state index contributed by atoms with van der Waals surface area (Å²) >= 11 is 0. The predicted molar refractivity (Wildman–Crippen MR) is 99.5 cm³/mol. The Morgan fingerprint density at radius 2 is 1.70 bits per heavy atom. The molecule has 5 nitrogen and oxygen atoms in total. The molecule has 0 unspecified atom stereocenters. The number of piperazine rings is 1. The molecule has 27 heavy (non-hydrogen) atoms. The molecule has 2 heterocycles. The number of aromatic nitrogens is 1. The molecule has 4 rings (SSSR count). The van der Waals surface area contributed by atoms with E-state index in [0.717, 1.165) is 30.1 Å². The lowest BCUT2D eigenvalue weighted by Crippen LogP contribution is -2.48. The van der Waals surface area contributed by atoms with Crippen LogP contribution in [0.4, 0.5) is 4.39 Å². The number of hydrogen-bond acceptors (Lipinski definition) is 4. The van der Waals surface area contributed by atoms with Gasteiger partial charge < -0.3 is 9.42 Å². The summed E-state index contributed by atoms with van der Waals surface area (Å²) in [6, 6.07) is 17.6. The normalized spacial score (nSPS) is 15.1. The quantitative estimate of drug-likeness (QED) is 0.711. The molecule has 3 aromatic rings. The highest BCUT2D eigenvalue weighted by atomic mass is 19.1. The maximum absolute atomic E-state index is 13.0. The summed E-state index contributed by atoms with van der Waals surface area (Å²) in [5.41, 5.74) is 2.38. The van der Waals surface area contributed by atoms with Crippen molar-refractivity contribution < 1.29 is 13.7 Å².